The highest BCUT2D eigenvalue weighted by Crippen LogP contribution is 2.30. The Bertz CT molecular complexity index is 350. The number of aromatic hydroxyl groups is 1. The van der Waals surface area contributed by atoms with Gasteiger partial charge in [-0.2, -0.15) is 0 Å². The molecule has 84 valence electrons. The lowest BCUT2D eigenvalue weighted by Crippen LogP contribution is -2.17. The number of phenols is 1. The number of halogens is 3. The molecule has 0 aromatic heterocycles. The maximum atomic E-state index is 11.9. The molecule has 0 aliphatic carbocycles. The Morgan fingerprint density at radius 2 is 2.00 bits per heavy atom. The standard InChI is InChI=1S/C9H10F3NO2/c1-5(13)7-4-6(2-3-8(7)14)15-9(10,11)12/h2-5,14H,13H2,1H3/t5-/m0/s1. The van der Waals surface area contributed by atoms with Gasteiger partial charge in [-0.3, -0.25) is 0 Å². The summed E-state index contributed by atoms with van der Waals surface area (Å²) >= 11 is 0. The number of alkyl halides is 3. The third-order valence-electron chi connectivity index (χ3n) is 1.72. The molecule has 0 spiro atoms. The largest absolute Gasteiger partial charge is 0.573 e. The molecule has 0 radical (unpaired) electrons. The molecule has 0 bridgehead atoms. The van der Waals surface area contributed by atoms with Crippen molar-refractivity contribution in [2.45, 2.75) is 19.3 Å². The van der Waals surface area contributed by atoms with Gasteiger partial charge < -0.3 is 15.6 Å². The van der Waals surface area contributed by atoms with Crippen LogP contribution in [-0.2, 0) is 0 Å². The van der Waals surface area contributed by atoms with E-state index in [4.69, 9.17) is 5.73 Å². The molecule has 0 aliphatic rings. The van der Waals surface area contributed by atoms with Crippen LogP contribution in [-0.4, -0.2) is 11.5 Å². The summed E-state index contributed by atoms with van der Waals surface area (Å²) in [6.07, 6.45) is -4.74. The lowest BCUT2D eigenvalue weighted by molar-refractivity contribution is -0.274. The van der Waals surface area contributed by atoms with E-state index in [2.05, 4.69) is 4.74 Å². The van der Waals surface area contributed by atoms with Crippen LogP contribution in [0.3, 0.4) is 0 Å². The molecule has 0 saturated heterocycles. The van der Waals surface area contributed by atoms with Gasteiger partial charge in [0, 0.05) is 11.6 Å². The van der Waals surface area contributed by atoms with Crippen LogP contribution in [0, 0.1) is 0 Å². The fraction of sp³-hybridized carbons (Fsp3) is 0.333. The van der Waals surface area contributed by atoms with Crippen molar-refractivity contribution in [1.29, 1.82) is 0 Å². The number of benzene rings is 1. The Labute approximate surface area is 84.3 Å². The van der Waals surface area contributed by atoms with E-state index in [0.717, 1.165) is 18.2 Å². The van der Waals surface area contributed by atoms with Gasteiger partial charge in [0.1, 0.15) is 11.5 Å². The normalized spacial score (nSPS) is 13.7. The molecule has 0 heterocycles. The summed E-state index contributed by atoms with van der Waals surface area (Å²) in [7, 11) is 0. The Kier molecular flexibility index (Phi) is 3.09. The van der Waals surface area contributed by atoms with Crippen LogP contribution in [0.15, 0.2) is 18.2 Å². The molecule has 0 unspecified atom stereocenters. The van der Waals surface area contributed by atoms with Gasteiger partial charge in [-0.05, 0) is 25.1 Å². The first kappa shape index (κ1) is 11.6. The van der Waals surface area contributed by atoms with E-state index >= 15 is 0 Å². The molecule has 15 heavy (non-hydrogen) atoms. The van der Waals surface area contributed by atoms with Crippen molar-refractivity contribution in [3.05, 3.63) is 23.8 Å². The molecule has 1 aromatic carbocycles. The van der Waals surface area contributed by atoms with E-state index in [1.165, 1.54) is 0 Å². The van der Waals surface area contributed by atoms with Gasteiger partial charge >= 0.3 is 6.36 Å². The maximum absolute atomic E-state index is 11.9. The molecule has 1 aromatic rings. The number of hydrogen-bond acceptors (Lipinski definition) is 3. The van der Waals surface area contributed by atoms with Gasteiger partial charge in [0.15, 0.2) is 0 Å². The van der Waals surface area contributed by atoms with Crippen LogP contribution in [0.2, 0.25) is 0 Å². The third-order valence-corrected chi connectivity index (χ3v) is 1.72. The quantitative estimate of drug-likeness (QED) is 0.805. The summed E-state index contributed by atoms with van der Waals surface area (Å²) in [5.41, 5.74) is 5.66. The fourth-order valence-electron chi connectivity index (χ4n) is 1.09. The number of ether oxygens (including phenoxy) is 1. The van der Waals surface area contributed by atoms with E-state index in [9.17, 15) is 18.3 Å². The first-order chi connectivity index (χ1) is 6.79. The molecule has 6 heteroatoms. The van der Waals surface area contributed by atoms with Gasteiger partial charge in [0.05, 0.1) is 0 Å². The molecule has 3 N–H and O–H groups in total. The first-order valence-electron chi connectivity index (χ1n) is 4.14. The zero-order valence-corrected chi connectivity index (χ0v) is 7.88. The maximum Gasteiger partial charge on any atom is 0.573 e. The van der Waals surface area contributed by atoms with Crippen LogP contribution in [0.5, 0.6) is 11.5 Å². The van der Waals surface area contributed by atoms with Crippen LogP contribution < -0.4 is 10.5 Å². The second-order valence-electron chi connectivity index (χ2n) is 3.06. The highest BCUT2D eigenvalue weighted by Gasteiger charge is 2.31. The van der Waals surface area contributed by atoms with Crippen LogP contribution in [0.1, 0.15) is 18.5 Å². The van der Waals surface area contributed by atoms with Crippen LogP contribution in [0.4, 0.5) is 13.2 Å². The van der Waals surface area contributed by atoms with Gasteiger partial charge in [0.2, 0.25) is 0 Å². The Morgan fingerprint density at radius 3 is 2.47 bits per heavy atom. The molecule has 0 amide bonds. The van der Waals surface area contributed by atoms with Crippen molar-refractivity contribution in [3.8, 4) is 11.5 Å². The molecule has 1 atom stereocenters. The predicted molar refractivity (Wildman–Crippen MR) is 47.4 cm³/mol. The highest BCUT2D eigenvalue weighted by atomic mass is 19.4. The molecule has 1 rings (SSSR count). The minimum atomic E-state index is -4.74. The predicted octanol–water partition coefficient (Wildman–Crippen LogP) is 2.31. The number of hydrogen-bond donors (Lipinski definition) is 2. The summed E-state index contributed by atoms with van der Waals surface area (Å²) in [4.78, 5) is 0. The Morgan fingerprint density at radius 1 is 1.40 bits per heavy atom. The fourth-order valence-corrected chi connectivity index (χ4v) is 1.09. The molecule has 0 saturated carbocycles. The Balaban J connectivity index is 2.98. The van der Waals surface area contributed by atoms with E-state index in [1.807, 2.05) is 0 Å². The van der Waals surface area contributed by atoms with Gasteiger partial charge in [-0.15, -0.1) is 13.2 Å². The van der Waals surface area contributed by atoms with Gasteiger partial charge in [-0.25, -0.2) is 0 Å². The summed E-state index contributed by atoms with van der Waals surface area (Å²) < 4.78 is 39.3. The van der Waals surface area contributed by atoms with E-state index in [-0.39, 0.29) is 11.3 Å². The van der Waals surface area contributed by atoms with Crippen LogP contribution in [0.25, 0.3) is 0 Å². The summed E-state index contributed by atoms with van der Waals surface area (Å²) in [5, 5.41) is 9.29. The van der Waals surface area contributed by atoms with E-state index in [0.29, 0.717) is 0 Å². The monoisotopic (exact) mass is 221 g/mol. The number of phenolic OH excluding ortho intramolecular Hbond substituents is 1. The molecular formula is C9H10F3NO2. The van der Waals surface area contributed by atoms with Gasteiger partial charge in [-0.1, -0.05) is 0 Å². The van der Waals surface area contributed by atoms with Crippen molar-refractivity contribution >= 4 is 0 Å². The number of nitrogens with two attached hydrogens (primary N) is 1. The lowest BCUT2D eigenvalue weighted by Gasteiger charge is -2.12. The van der Waals surface area contributed by atoms with Crippen molar-refractivity contribution < 1.29 is 23.0 Å². The molecule has 0 aliphatic heterocycles. The van der Waals surface area contributed by atoms with E-state index in [1.54, 1.807) is 6.92 Å². The zero-order valence-electron chi connectivity index (χ0n) is 7.88. The highest BCUT2D eigenvalue weighted by molar-refractivity contribution is 5.40. The van der Waals surface area contributed by atoms with E-state index < -0.39 is 18.2 Å². The molecule has 0 fully saturated rings. The average molecular weight is 221 g/mol. The summed E-state index contributed by atoms with van der Waals surface area (Å²) in [5.74, 6) is -0.549. The van der Waals surface area contributed by atoms with Crippen molar-refractivity contribution in [1.82, 2.24) is 0 Å². The van der Waals surface area contributed by atoms with Crippen molar-refractivity contribution in [2.24, 2.45) is 5.73 Å². The average Bonchev–Trinajstić information content (AvgIpc) is 2.05. The first-order valence-corrected chi connectivity index (χ1v) is 4.14. The number of rotatable bonds is 2. The molecule has 3 nitrogen and oxygen atoms in total. The smallest absolute Gasteiger partial charge is 0.508 e. The van der Waals surface area contributed by atoms with Gasteiger partial charge in [0.25, 0.3) is 0 Å². The third kappa shape index (κ3) is 3.32. The summed E-state index contributed by atoms with van der Waals surface area (Å²) in [6, 6.07) is 2.63. The summed E-state index contributed by atoms with van der Waals surface area (Å²) in [6.45, 7) is 1.55. The van der Waals surface area contributed by atoms with Crippen molar-refractivity contribution in [3.63, 3.8) is 0 Å². The zero-order chi connectivity index (χ0) is 11.6. The minimum Gasteiger partial charge on any atom is -0.508 e. The topological polar surface area (TPSA) is 55.5 Å². The van der Waals surface area contributed by atoms with Crippen molar-refractivity contribution in [2.75, 3.05) is 0 Å². The van der Waals surface area contributed by atoms with Crippen LogP contribution >= 0.6 is 0 Å². The minimum absolute atomic E-state index is 0.153. The molecular weight excluding hydrogens is 211 g/mol. The lowest BCUT2D eigenvalue weighted by atomic mass is 10.1. The second kappa shape index (κ2) is 3.98. The second-order valence-corrected chi connectivity index (χ2v) is 3.06. The SMILES string of the molecule is C[C@H](N)c1cc(OC(F)(F)F)ccc1O. The Hall–Kier alpha value is -1.43.